The molecule has 5 heteroatoms. The van der Waals surface area contributed by atoms with Crippen LogP contribution in [0.3, 0.4) is 0 Å². The molecule has 0 saturated carbocycles. The third kappa shape index (κ3) is 2.72. The van der Waals surface area contributed by atoms with Crippen LogP contribution in [0, 0.1) is 5.82 Å². The van der Waals surface area contributed by atoms with Gasteiger partial charge in [0.1, 0.15) is 11.6 Å². The summed E-state index contributed by atoms with van der Waals surface area (Å²) in [6.45, 7) is 0. The Hall–Kier alpha value is -0.390. The second-order valence-corrected chi connectivity index (χ2v) is 6.77. The zero-order valence-electron chi connectivity index (χ0n) is 8.91. The van der Waals surface area contributed by atoms with E-state index in [9.17, 15) is 4.39 Å². The number of rotatable bonds is 3. The summed E-state index contributed by atoms with van der Waals surface area (Å²) in [5.74, 6) is 0.284. The SMILES string of the molecule is COc1cccc(F)c1C(Br)c1ccc(Br)s1. The highest BCUT2D eigenvalue weighted by molar-refractivity contribution is 9.11. The van der Waals surface area contributed by atoms with Crippen LogP contribution in [0.5, 0.6) is 5.75 Å². The quantitative estimate of drug-likeness (QED) is 0.670. The van der Waals surface area contributed by atoms with Gasteiger partial charge in [-0.1, -0.05) is 22.0 Å². The minimum Gasteiger partial charge on any atom is -0.496 e. The lowest BCUT2D eigenvalue weighted by molar-refractivity contribution is 0.405. The average Bonchev–Trinajstić information content (AvgIpc) is 2.74. The van der Waals surface area contributed by atoms with Gasteiger partial charge in [0.15, 0.2) is 0 Å². The molecular weight excluding hydrogens is 371 g/mol. The molecule has 0 aliphatic rings. The van der Waals surface area contributed by atoms with Crippen LogP contribution in [0.1, 0.15) is 15.3 Å². The van der Waals surface area contributed by atoms with Crippen molar-refractivity contribution < 1.29 is 9.13 Å². The van der Waals surface area contributed by atoms with Gasteiger partial charge >= 0.3 is 0 Å². The van der Waals surface area contributed by atoms with Crippen molar-refractivity contribution in [2.75, 3.05) is 7.11 Å². The first-order chi connectivity index (χ1) is 8.13. The minimum absolute atomic E-state index is 0.199. The first-order valence-electron chi connectivity index (χ1n) is 4.85. The summed E-state index contributed by atoms with van der Waals surface area (Å²) in [7, 11) is 1.54. The number of thiophene rings is 1. The Bertz CT molecular complexity index is 527. The predicted octanol–water partition coefficient (Wildman–Crippen LogP) is 5.14. The maximum atomic E-state index is 13.9. The summed E-state index contributed by atoms with van der Waals surface area (Å²) in [5, 5.41) is 0. The zero-order chi connectivity index (χ0) is 12.4. The second-order valence-electron chi connectivity index (χ2n) is 3.36. The molecule has 0 fully saturated rings. The third-order valence-electron chi connectivity index (χ3n) is 2.33. The number of hydrogen-bond acceptors (Lipinski definition) is 2. The van der Waals surface area contributed by atoms with Gasteiger partial charge in [0.2, 0.25) is 0 Å². The van der Waals surface area contributed by atoms with E-state index in [-0.39, 0.29) is 10.6 Å². The van der Waals surface area contributed by atoms with Gasteiger partial charge in [-0.25, -0.2) is 4.39 Å². The molecule has 0 saturated heterocycles. The van der Waals surface area contributed by atoms with Crippen molar-refractivity contribution in [2.24, 2.45) is 0 Å². The summed E-state index contributed by atoms with van der Waals surface area (Å²) >= 11 is 8.49. The van der Waals surface area contributed by atoms with Crippen molar-refractivity contribution in [2.45, 2.75) is 4.83 Å². The van der Waals surface area contributed by atoms with E-state index in [0.717, 1.165) is 8.66 Å². The Morgan fingerprint density at radius 2 is 2.06 bits per heavy atom. The topological polar surface area (TPSA) is 9.23 Å². The van der Waals surface area contributed by atoms with Gasteiger partial charge in [0, 0.05) is 10.4 Å². The lowest BCUT2D eigenvalue weighted by Crippen LogP contribution is -1.98. The van der Waals surface area contributed by atoms with Crippen LogP contribution in [-0.4, -0.2) is 7.11 Å². The fourth-order valence-corrected chi connectivity index (χ4v) is 3.84. The van der Waals surface area contributed by atoms with Crippen LogP contribution >= 0.6 is 43.2 Å². The van der Waals surface area contributed by atoms with Crippen molar-refractivity contribution in [3.05, 3.63) is 50.4 Å². The van der Waals surface area contributed by atoms with Crippen molar-refractivity contribution in [1.82, 2.24) is 0 Å². The van der Waals surface area contributed by atoms with Crippen molar-refractivity contribution in [3.8, 4) is 5.75 Å². The standard InChI is InChI=1S/C12H9Br2FOS/c1-16-8-4-2-3-7(15)11(8)12(14)9-5-6-10(13)17-9/h2-6,12H,1H3. The van der Waals surface area contributed by atoms with E-state index >= 15 is 0 Å². The van der Waals surface area contributed by atoms with Gasteiger partial charge in [-0.3, -0.25) is 0 Å². The first kappa shape index (κ1) is 13.1. The molecule has 1 heterocycles. The van der Waals surface area contributed by atoms with E-state index in [2.05, 4.69) is 31.9 Å². The van der Waals surface area contributed by atoms with Crippen LogP contribution in [0.2, 0.25) is 0 Å². The zero-order valence-corrected chi connectivity index (χ0v) is 12.9. The highest BCUT2D eigenvalue weighted by Crippen LogP contribution is 2.41. The lowest BCUT2D eigenvalue weighted by Gasteiger charge is -2.13. The maximum absolute atomic E-state index is 13.9. The predicted molar refractivity (Wildman–Crippen MR) is 75.7 cm³/mol. The number of benzene rings is 1. The molecule has 0 aliphatic carbocycles. The van der Waals surface area contributed by atoms with E-state index in [4.69, 9.17) is 4.74 Å². The van der Waals surface area contributed by atoms with E-state index in [1.54, 1.807) is 30.6 Å². The van der Waals surface area contributed by atoms with Gasteiger partial charge in [-0.05, 0) is 40.2 Å². The van der Waals surface area contributed by atoms with Crippen LogP contribution in [0.25, 0.3) is 0 Å². The minimum atomic E-state index is -0.268. The molecule has 90 valence electrons. The fourth-order valence-electron chi connectivity index (χ4n) is 1.55. The monoisotopic (exact) mass is 378 g/mol. The Kier molecular flexibility index (Phi) is 4.22. The fraction of sp³-hybridized carbons (Fsp3) is 0.167. The normalized spacial score (nSPS) is 12.5. The largest absolute Gasteiger partial charge is 0.496 e. The Morgan fingerprint density at radius 3 is 2.65 bits per heavy atom. The summed E-state index contributed by atoms with van der Waals surface area (Å²) in [4.78, 5) is 0.829. The first-order valence-corrected chi connectivity index (χ1v) is 7.37. The van der Waals surface area contributed by atoms with Gasteiger partial charge in [0.05, 0.1) is 15.7 Å². The average molecular weight is 380 g/mol. The Morgan fingerprint density at radius 1 is 1.29 bits per heavy atom. The van der Waals surface area contributed by atoms with Crippen LogP contribution < -0.4 is 4.74 Å². The molecule has 0 N–H and O–H groups in total. The van der Waals surface area contributed by atoms with Gasteiger partial charge in [-0.15, -0.1) is 11.3 Å². The Labute approximate surface area is 120 Å². The maximum Gasteiger partial charge on any atom is 0.131 e. The number of halogens is 3. The molecular formula is C12H9Br2FOS. The smallest absolute Gasteiger partial charge is 0.131 e. The number of methoxy groups -OCH3 is 1. The lowest BCUT2D eigenvalue weighted by atomic mass is 10.1. The van der Waals surface area contributed by atoms with Gasteiger partial charge in [0.25, 0.3) is 0 Å². The molecule has 1 aromatic carbocycles. The van der Waals surface area contributed by atoms with Crippen LogP contribution in [-0.2, 0) is 0 Å². The van der Waals surface area contributed by atoms with Crippen molar-refractivity contribution >= 4 is 43.2 Å². The summed E-state index contributed by atoms with van der Waals surface area (Å²) in [6, 6.07) is 8.74. The molecule has 1 nitrogen and oxygen atoms in total. The summed E-state index contributed by atoms with van der Waals surface area (Å²) in [6.07, 6.45) is 0. The van der Waals surface area contributed by atoms with Crippen LogP contribution in [0.15, 0.2) is 34.1 Å². The number of hydrogen-bond donors (Lipinski definition) is 0. The molecule has 1 atom stereocenters. The molecule has 1 unspecified atom stereocenters. The molecule has 2 rings (SSSR count). The molecule has 0 spiro atoms. The van der Waals surface area contributed by atoms with E-state index in [1.807, 2.05) is 12.1 Å². The Balaban J connectivity index is 2.46. The molecule has 0 aliphatic heterocycles. The van der Waals surface area contributed by atoms with Crippen LogP contribution in [0.4, 0.5) is 4.39 Å². The van der Waals surface area contributed by atoms with E-state index in [1.165, 1.54) is 6.07 Å². The molecule has 0 amide bonds. The molecule has 17 heavy (non-hydrogen) atoms. The molecule has 0 bridgehead atoms. The summed E-state index contributed by atoms with van der Waals surface area (Å²) < 4.78 is 20.1. The highest BCUT2D eigenvalue weighted by atomic mass is 79.9. The van der Waals surface area contributed by atoms with Crippen molar-refractivity contribution in [3.63, 3.8) is 0 Å². The summed E-state index contributed by atoms with van der Waals surface area (Å²) in [5.41, 5.74) is 0.532. The third-order valence-corrected chi connectivity index (χ3v) is 5.27. The second kappa shape index (κ2) is 5.50. The molecule has 0 radical (unpaired) electrons. The molecule has 2 aromatic rings. The highest BCUT2D eigenvalue weighted by Gasteiger charge is 2.20. The van der Waals surface area contributed by atoms with Gasteiger partial charge < -0.3 is 4.74 Å². The van der Waals surface area contributed by atoms with E-state index < -0.39 is 0 Å². The van der Waals surface area contributed by atoms with E-state index in [0.29, 0.717) is 11.3 Å². The number of ether oxygens (including phenoxy) is 1. The molecule has 1 aromatic heterocycles. The van der Waals surface area contributed by atoms with Crippen molar-refractivity contribution in [1.29, 1.82) is 0 Å². The van der Waals surface area contributed by atoms with Gasteiger partial charge in [-0.2, -0.15) is 0 Å². The number of alkyl halides is 1.